The Balaban J connectivity index is 1.37. The van der Waals surface area contributed by atoms with Crippen LogP contribution in [0, 0.1) is 5.92 Å². The lowest BCUT2D eigenvalue weighted by atomic mass is 9.87. The van der Waals surface area contributed by atoms with Crippen molar-refractivity contribution in [3.05, 3.63) is 65.9 Å². The van der Waals surface area contributed by atoms with Gasteiger partial charge >= 0.3 is 5.97 Å². The molecule has 35 heavy (non-hydrogen) atoms. The maximum atomic E-state index is 12.7. The smallest absolute Gasteiger partial charge is 0.306 e. The van der Waals surface area contributed by atoms with E-state index in [1.54, 1.807) is 9.58 Å². The Labute approximate surface area is 205 Å². The van der Waals surface area contributed by atoms with E-state index < -0.39 is 5.97 Å². The number of benzene rings is 2. The molecule has 4 rings (SSSR count). The van der Waals surface area contributed by atoms with Crippen LogP contribution in [0.1, 0.15) is 43.4 Å². The zero-order chi connectivity index (χ0) is 24.8. The summed E-state index contributed by atoms with van der Waals surface area (Å²) < 4.78 is 7.78. The van der Waals surface area contributed by atoms with Crippen molar-refractivity contribution in [2.24, 2.45) is 13.0 Å². The molecule has 1 aliphatic rings. The van der Waals surface area contributed by atoms with E-state index in [1.807, 2.05) is 68.7 Å². The van der Waals surface area contributed by atoms with Gasteiger partial charge in [0.2, 0.25) is 5.91 Å². The summed E-state index contributed by atoms with van der Waals surface area (Å²) in [4.78, 5) is 25.8. The molecule has 1 N–H and O–H groups in total. The molecule has 0 aliphatic heterocycles. The summed E-state index contributed by atoms with van der Waals surface area (Å²) in [6, 6.07) is 17.6. The quantitative estimate of drug-likeness (QED) is 0.499. The molecule has 1 amide bonds. The van der Waals surface area contributed by atoms with Crippen LogP contribution in [0.5, 0.6) is 5.75 Å². The first-order valence-electron chi connectivity index (χ1n) is 12.1. The Bertz CT molecular complexity index is 1140. The van der Waals surface area contributed by atoms with Crippen molar-refractivity contribution in [1.82, 2.24) is 19.9 Å². The van der Waals surface area contributed by atoms with E-state index >= 15 is 0 Å². The summed E-state index contributed by atoms with van der Waals surface area (Å²) in [6.45, 7) is 0.575. The van der Waals surface area contributed by atoms with E-state index in [2.05, 4.69) is 10.3 Å². The molecule has 0 spiro atoms. The Kier molecular flexibility index (Phi) is 7.80. The number of ether oxygens (including phenoxy) is 1. The third-order valence-corrected chi connectivity index (χ3v) is 6.61. The lowest BCUT2D eigenvalue weighted by Crippen LogP contribution is -2.29. The number of carboxylic acid groups (broad SMARTS) is 1. The molecule has 1 aliphatic carbocycles. The van der Waals surface area contributed by atoms with Gasteiger partial charge in [0.1, 0.15) is 11.4 Å². The summed E-state index contributed by atoms with van der Waals surface area (Å²) in [5.41, 5.74) is 3.65. The number of aromatic nitrogens is 3. The minimum Gasteiger partial charge on any atom is -0.490 e. The summed E-state index contributed by atoms with van der Waals surface area (Å²) in [5, 5.41) is 17.8. The zero-order valence-electron chi connectivity index (χ0n) is 20.3. The average Bonchev–Trinajstić information content (AvgIpc) is 3.23. The molecule has 3 aromatic rings. The molecule has 1 aromatic heterocycles. The van der Waals surface area contributed by atoms with E-state index in [0.717, 1.165) is 35.4 Å². The van der Waals surface area contributed by atoms with Gasteiger partial charge in [0.05, 0.1) is 17.7 Å². The molecule has 8 heteroatoms. The predicted molar refractivity (Wildman–Crippen MR) is 132 cm³/mol. The van der Waals surface area contributed by atoms with Gasteiger partial charge in [0.15, 0.2) is 0 Å². The first kappa shape index (κ1) is 24.4. The van der Waals surface area contributed by atoms with Crippen LogP contribution < -0.4 is 4.74 Å². The van der Waals surface area contributed by atoms with Gasteiger partial charge in [-0.1, -0.05) is 35.5 Å². The Morgan fingerprint density at radius 1 is 1.11 bits per heavy atom. The highest BCUT2D eigenvalue weighted by atomic mass is 16.5. The zero-order valence-corrected chi connectivity index (χ0v) is 20.3. The highest BCUT2D eigenvalue weighted by Gasteiger charge is 2.28. The topological polar surface area (TPSA) is 97.6 Å². The van der Waals surface area contributed by atoms with Crippen molar-refractivity contribution in [2.75, 3.05) is 7.05 Å². The van der Waals surface area contributed by atoms with Crippen LogP contribution in [0.25, 0.3) is 11.3 Å². The van der Waals surface area contributed by atoms with Crippen LogP contribution in [0.3, 0.4) is 0 Å². The third-order valence-electron chi connectivity index (χ3n) is 6.61. The van der Waals surface area contributed by atoms with Gasteiger partial charge in [-0.2, -0.15) is 0 Å². The SMILES string of the molecule is CN(Cc1ccccc1)C(=O)CCc1c(-c2ccc(O[C@H]3CCC[C@H](C(=O)O)C3)cc2)nnn1C. The normalized spacial score (nSPS) is 17.7. The molecule has 1 saturated carbocycles. The summed E-state index contributed by atoms with van der Waals surface area (Å²) in [7, 11) is 3.66. The number of carbonyl (C=O) groups excluding carboxylic acids is 1. The number of nitrogens with zero attached hydrogens (tertiary/aromatic N) is 4. The van der Waals surface area contributed by atoms with E-state index in [-0.39, 0.29) is 17.9 Å². The number of rotatable bonds is 9. The monoisotopic (exact) mass is 476 g/mol. The number of carbonyl (C=O) groups is 2. The molecule has 0 bridgehead atoms. The van der Waals surface area contributed by atoms with E-state index in [9.17, 15) is 14.7 Å². The molecule has 0 unspecified atom stereocenters. The van der Waals surface area contributed by atoms with Crippen LogP contribution in [0.15, 0.2) is 54.6 Å². The van der Waals surface area contributed by atoms with Gasteiger partial charge in [0.25, 0.3) is 0 Å². The molecule has 0 radical (unpaired) electrons. The Hall–Kier alpha value is -3.68. The van der Waals surface area contributed by atoms with Crippen LogP contribution in [0.4, 0.5) is 0 Å². The van der Waals surface area contributed by atoms with Crippen LogP contribution >= 0.6 is 0 Å². The molecular weight excluding hydrogens is 444 g/mol. The molecule has 2 atom stereocenters. The van der Waals surface area contributed by atoms with Crippen molar-refractivity contribution in [3.63, 3.8) is 0 Å². The minimum absolute atomic E-state index is 0.0666. The largest absolute Gasteiger partial charge is 0.490 e. The van der Waals surface area contributed by atoms with Gasteiger partial charge < -0.3 is 14.7 Å². The maximum Gasteiger partial charge on any atom is 0.306 e. The van der Waals surface area contributed by atoms with Gasteiger partial charge in [-0.3, -0.25) is 14.3 Å². The number of aryl methyl sites for hydroxylation is 1. The fourth-order valence-electron chi connectivity index (χ4n) is 4.60. The van der Waals surface area contributed by atoms with E-state index in [4.69, 9.17) is 4.74 Å². The van der Waals surface area contributed by atoms with Crippen molar-refractivity contribution in [3.8, 4) is 17.0 Å². The summed E-state index contributed by atoms with van der Waals surface area (Å²) >= 11 is 0. The van der Waals surface area contributed by atoms with Gasteiger partial charge in [0, 0.05) is 39.0 Å². The summed E-state index contributed by atoms with van der Waals surface area (Å²) in [6.07, 6.45) is 3.81. The number of hydrogen-bond donors (Lipinski definition) is 1. The fraction of sp³-hybridized carbons (Fsp3) is 0.407. The predicted octanol–water partition coefficient (Wildman–Crippen LogP) is 4.10. The maximum absolute atomic E-state index is 12.7. The van der Waals surface area contributed by atoms with Gasteiger partial charge in [-0.25, -0.2) is 0 Å². The third kappa shape index (κ3) is 6.26. The fourth-order valence-corrected chi connectivity index (χ4v) is 4.60. The first-order valence-corrected chi connectivity index (χ1v) is 12.1. The van der Waals surface area contributed by atoms with Gasteiger partial charge in [-0.05, 0) is 55.5 Å². The number of amides is 1. The second-order valence-corrected chi connectivity index (χ2v) is 9.21. The molecule has 8 nitrogen and oxygen atoms in total. The Morgan fingerprint density at radius 3 is 2.57 bits per heavy atom. The van der Waals surface area contributed by atoms with E-state index in [0.29, 0.717) is 38.0 Å². The standard InChI is InChI=1S/C27H32N4O4/c1-30(18-19-7-4-3-5-8-19)25(32)16-15-24-26(28-29-31(24)2)20-11-13-22(14-12-20)35-23-10-6-9-21(17-23)27(33)34/h3-5,7-8,11-14,21,23H,6,9-10,15-18H2,1-2H3,(H,33,34)/t21-,23-/m0/s1. The van der Waals surface area contributed by atoms with Crippen molar-refractivity contribution >= 4 is 11.9 Å². The van der Waals surface area contributed by atoms with Crippen LogP contribution in [-0.4, -0.2) is 50.0 Å². The molecule has 2 aromatic carbocycles. The lowest BCUT2D eigenvalue weighted by Gasteiger charge is -2.27. The summed E-state index contributed by atoms with van der Waals surface area (Å²) in [5.74, 6) is -0.289. The van der Waals surface area contributed by atoms with Crippen LogP contribution in [0.2, 0.25) is 0 Å². The first-order chi connectivity index (χ1) is 16.9. The highest BCUT2D eigenvalue weighted by Crippen LogP contribution is 2.30. The number of carboxylic acids is 1. The number of hydrogen-bond acceptors (Lipinski definition) is 5. The molecule has 1 fully saturated rings. The van der Waals surface area contributed by atoms with Gasteiger partial charge in [-0.15, -0.1) is 5.10 Å². The molecule has 184 valence electrons. The average molecular weight is 477 g/mol. The lowest BCUT2D eigenvalue weighted by molar-refractivity contribution is -0.143. The van der Waals surface area contributed by atoms with Crippen molar-refractivity contribution < 1.29 is 19.4 Å². The molecule has 0 saturated heterocycles. The van der Waals surface area contributed by atoms with Crippen molar-refractivity contribution in [1.29, 1.82) is 0 Å². The number of aliphatic carboxylic acids is 1. The minimum atomic E-state index is -0.742. The van der Waals surface area contributed by atoms with Crippen LogP contribution in [-0.2, 0) is 29.6 Å². The second kappa shape index (κ2) is 11.2. The molecule has 1 heterocycles. The van der Waals surface area contributed by atoms with E-state index in [1.165, 1.54) is 0 Å². The van der Waals surface area contributed by atoms with Crippen molar-refractivity contribution in [2.45, 2.75) is 51.2 Å². The second-order valence-electron chi connectivity index (χ2n) is 9.21. The molecular formula is C27H32N4O4. The Morgan fingerprint density at radius 2 is 1.86 bits per heavy atom. The highest BCUT2D eigenvalue weighted by molar-refractivity contribution is 5.76.